The normalized spacial score (nSPS) is 9.79. The summed E-state index contributed by atoms with van der Waals surface area (Å²) < 4.78 is 4.81. The van der Waals surface area contributed by atoms with E-state index < -0.39 is 0 Å². The monoisotopic (exact) mass is 195 g/mol. The third kappa shape index (κ3) is 2.47. The van der Waals surface area contributed by atoms with Crippen LogP contribution in [-0.2, 0) is 0 Å². The van der Waals surface area contributed by atoms with E-state index in [0.717, 1.165) is 0 Å². The van der Waals surface area contributed by atoms with Crippen LogP contribution in [0.15, 0.2) is 35.7 Å². The largest absolute Gasteiger partial charge is 0.472 e. The Morgan fingerprint density at radius 3 is 3.00 bits per heavy atom. The summed E-state index contributed by atoms with van der Waals surface area (Å²) in [6, 6.07) is 1.59. The molecule has 0 aliphatic heterocycles. The van der Waals surface area contributed by atoms with Crippen molar-refractivity contribution < 1.29 is 14.3 Å². The summed E-state index contributed by atoms with van der Waals surface area (Å²) in [5.41, 5.74) is 0.486. The molecule has 0 aliphatic carbocycles. The smallest absolute Gasteiger partial charge is 0.257 e. The van der Waals surface area contributed by atoms with Crippen LogP contribution in [0.2, 0.25) is 0 Å². The van der Waals surface area contributed by atoms with Crippen LogP contribution >= 0.6 is 0 Å². The van der Waals surface area contributed by atoms with Crippen LogP contribution in [0.4, 0.5) is 0 Å². The van der Waals surface area contributed by atoms with Crippen molar-refractivity contribution in [2.45, 2.75) is 0 Å². The Hall–Kier alpha value is -1.55. The molecule has 0 bridgehead atoms. The molecule has 14 heavy (non-hydrogen) atoms. The molecule has 1 aromatic heterocycles. The molecule has 4 heteroatoms. The van der Waals surface area contributed by atoms with Crippen molar-refractivity contribution in [1.29, 1.82) is 0 Å². The van der Waals surface area contributed by atoms with Crippen molar-refractivity contribution in [1.82, 2.24) is 4.90 Å². The average molecular weight is 195 g/mol. The average Bonchev–Trinajstić information content (AvgIpc) is 2.69. The molecule has 0 radical (unpaired) electrons. The van der Waals surface area contributed by atoms with Crippen LogP contribution in [0.25, 0.3) is 0 Å². The fourth-order valence-corrected chi connectivity index (χ4v) is 1.12. The van der Waals surface area contributed by atoms with Gasteiger partial charge in [-0.3, -0.25) is 4.79 Å². The SMILES string of the molecule is C=CCN(CCO)C(=O)c1ccoc1. The van der Waals surface area contributed by atoms with Gasteiger partial charge < -0.3 is 14.4 Å². The van der Waals surface area contributed by atoms with Crippen LogP contribution < -0.4 is 0 Å². The predicted octanol–water partition coefficient (Wildman–Crippen LogP) is 0.900. The maximum atomic E-state index is 11.7. The summed E-state index contributed by atoms with van der Waals surface area (Å²) in [7, 11) is 0. The van der Waals surface area contributed by atoms with Crippen molar-refractivity contribution in [3.63, 3.8) is 0 Å². The Morgan fingerprint density at radius 2 is 2.50 bits per heavy atom. The number of carbonyl (C=O) groups excluding carboxylic acids is 1. The number of amides is 1. The first-order valence-corrected chi connectivity index (χ1v) is 4.32. The highest BCUT2D eigenvalue weighted by Gasteiger charge is 2.14. The van der Waals surface area contributed by atoms with Gasteiger partial charge in [0.25, 0.3) is 5.91 Å². The van der Waals surface area contributed by atoms with E-state index in [1.165, 1.54) is 17.4 Å². The van der Waals surface area contributed by atoms with E-state index in [1.807, 2.05) is 0 Å². The van der Waals surface area contributed by atoms with Gasteiger partial charge in [0.1, 0.15) is 6.26 Å². The molecule has 1 N–H and O–H groups in total. The quantitative estimate of drug-likeness (QED) is 0.710. The molecule has 1 heterocycles. The number of hydrogen-bond donors (Lipinski definition) is 1. The van der Waals surface area contributed by atoms with Crippen molar-refractivity contribution >= 4 is 5.91 Å². The number of nitrogens with zero attached hydrogens (tertiary/aromatic N) is 1. The standard InChI is InChI=1S/C10H13NO3/c1-2-4-11(5-6-12)10(13)9-3-7-14-8-9/h2-3,7-8,12H,1,4-6H2. The van der Waals surface area contributed by atoms with Crippen LogP contribution in [0, 0.1) is 0 Å². The van der Waals surface area contributed by atoms with Crippen molar-refractivity contribution in [2.75, 3.05) is 19.7 Å². The van der Waals surface area contributed by atoms with Gasteiger partial charge in [-0.25, -0.2) is 0 Å². The molecule has 0 aromatic carbocycles. The van der Waals surface area contributed by atoms with Gasteiger partial charge in [-0.15, -0.1) is 6.58 Å². The second kappa shape index (κ2) is 5.24. The fraction of sp³-hybridized carbons (Fsp3) is 0.300. The molecule has 1 amide bonds. The summed E-state index contributed by atoms with van der Waals surface area (Å²) in [4.78, 5) is 13.2. The zero-order valence-electron chi connectivity index (χ0n) is 7.85. The van der Waals surface area contributed by atoms with Gasteiger partial charge in [0, 0.05) is 13.1 Å². The topological polar surface area (TPSA) is 53.7 Å². The van der Waals surface area contributed by atoms with Gasteiger partial charge >= 0.3 is 0 Å². The van der Waals surface area contributed by atoms with Crippen molar-refractivity contribution in [2.24, 2.45) is 0 Å². The van der Waals surface area contributed by atoms with Gasteiger partial charge in [0.05, 0.1) is 18.4 Å². The third-order valence-corrected chi connectivity index (χ3v) is 1.77. The number of aliphatic hydroxyl groups is 1. The third-order valence-electron chi connectivity index (χ3n) is 1.77. The summed E-state index contributed by atoms with van der Waals surface area (Å²) in [6.45, 7) is 4.21. The first-order valence-electron chi connectivity index (χ1n) is 4.32. The lowest BCUT2D eigenvalue weighted by Crippen LogP contribution is -2.33. The molecule has 4 nitrogen and oxygen atoms in total. The minimum Gasteiger partial charge on any atom is -0.472 e. The predicted molar refractivity (Wildman–Crippen MR) is 51.9 cm³/mol. The highest BCUT2D eigenvalue weighted by Crippen LogP contribution is 2.05. The number of rotatable bonds is 5. The second-order valence-corrected chi connectivity index (χ2v) is 2.78. The van der Waals surface area contributed by atoms with E-state index in [0.29, 0.717) is 18.7 Å². The summed E-state index contributed by atoms with van der Waals surface area (Å²) >= 11 is 0. The number of carbonyl (C=O) groups is 1. The lowest BCUT2D eigenvalue weighted by atomic mass is 10.3. The maximum absolute atomic E-state index is 11.7. The van der Waals surface area contributed by atoms with Crippen LogP contribution in [0.3, 0.4) is 0 Å². The Balaban J connectivity index is 2.68. The second-order valence-electron chi connectivity index (χ2n) is 2.78. The van der Waals surface area contributed by atoms with E-state index in [4.69, 9.17) is 9.52 Å². The highest BCUT2D eigenvalue weighted by molar-refractivity contribution is 5.93. The molecule has 0 aliphatic rings. The van der Waals surface area contributed by atoms with Gasteiger partial charge in [0.2, 0.25) is 0 Å². The lowest BCUT2D eigenvalue weighted by Gasteiger charge is -2.18. The molecule has 0 saturated heterocycles. The highest BCUT2D eigenvalue weighted by atomic mass is 16.3. The Bertz CT molecular complexity index is 292. The fourth-order valence-electron chi connectivity index (χ4n) is 1.12. The molecule has 0 fully saturated rings. The summed E-state index contributed by atoms with van der Waals surface area (Å²) in [5.74, 6) is -0.160. The first kappa shape index (κ1) is 10.5. The maximum Gasteiger partial charge on any atom is 0.257 e. The van der Waals surface area contributed by atoms with E-state index in [9.17, 15) is 4.79 Å². The van der Waals surface area contributed by atoms with E-state index >= 15 is 0 Å². The van der Waals surface area contributed by atoms with E-state index in [-0.39, 0.29) is 12.5 Å². The van der Waals surface area contributed by atoms with Crippen molar-refractivity contribution in [3.05, 3.63) is 36.8 Å². The Kier molecular flexibility index (Phi) is 3.94. The van der Waals surface area contributed by atoms with E-state index in [1.54, 1.807) is 12.1 Å². The number of furan rings is 1. The van der Waals surface area contributed by atoms with Gasteiger partial charge in [-0.2, -0.15) is 0 Å². The molecule has 1 rings (SSSR count). The zero-order chi connectivity index (χ0) is 10.4. The molecule has 0 spiro atoms. The van der Waals surface area contributed by atoms with Gasteiger partial charge in [-0.05, 0) is 6.07 Å². The lowest BCUT2D eigenvalue weighted by molar-refractivity contribution is 0.0742. The Morgan fingerprint density at radius 1 is 1.71 bits per heavy atom. The first-order chi connectivity index (χ1) is 6.79. The van der Waals surface area contributed by atoms with Crippen LogP contribution in [0.5, 0.6) is 0 Å². The van der Waals surface area contributed by atoms with Crippen LogP contribution in [-0.4, -0.2) is 35.6 Å². The van der Waals surface area contributed by atoms with Gasteiger partial charge in [0.15, 0.2) is 0 Å². The Labute approximate surface area is 82.4 Å². The van der Waals surface area contributed by atoms with Gasteiger partial charge in [-0.1, -0.05) is 6.08 Å². The summed E-state index contributed by atoms with van der Waals surface area (Å²) in [6.07, 6.45) is 4.45. The number of hydrogen-bond acceptors (Lipinski definition) is 3. The zero-order valence-corrected chi connectivity index (χ0v) is 7.85. The molecule has 1 aromatic rings. The molecule has 0 saturated carbocycles. The van der Waals surface area contributed by atoms with Crippen LogP contribution in [0.1, 0.15) is 10.4 Å². The molecule has 0 atom stereocenters. The number of aliphatic hydroxyl groups excluding tert-OH is 1. The molecule has 0 unspecified atom stereocenters. The van der Waals surface area contributed by atoms with Crippen molar-refractivity contribution in [3.8, 4) is 0 Å². The minimum atomic E-state index is -0.160. The van der Waals surface area contributed by atoms with E-state index in [2.05, 4.69) is 6.58 Å². The molecular formula is C10H13NO3. The minimum absolute atomic E-state index is 0.0581. The molecule has 76 valence electrons. The summed E-state index contributed by atoms with van der Waals surface area (Å²) in [5, 5.41) is 8.76. The molecular weight excluding hydrogens is 182 g/mol.